The van der Waals surface area contributed by atoms with Gasteiger partial charge in [0.15, 0.2) is 0 Å². The third-order valence-electron chi connectivity index (χ3n) is 4.21. The van der Waals surface area contributed by atoms with E-state index in [1.165, 1.54) is 0 Å². The molecular weight excluding hydrogens is 352 g/mol. The first kappa shape index (κ1) is 21.0. The zero-order valence-electron chi connectivity index (χ0n) is 16.7. The number of carbonyl (C=O) groups excluding carboxylic acids is 2. The van der Waals surface area contributed by atoms with E-state index in [-0.39, 0.29) is 24.7 Å². The molecule has 0 saturated heterocycles. The van der Waals surface area contributed by atoms with Gasteiger partial charge in [-0.2, -0.15) is 10.2 Å². The van der Waals surface area contributed by atoms with E-state index < -0.39 is 0 Å². The topological polar surface area (TPSA) is 82.9 Å². The first-order chi connectivity index (χ1) is 13.3. The van der Waals surface area contributed by atoms with Crippen LogP contribution in [-0.4, -0.2) is 23.2 Å². The third-order valence-corrected chi connectivity index (χ3v) is 4.21. The number of aryl methyl sites for hydroxylation is 2. The number of benzene rings is 2. The summed E-state index contributed by atoms with van der Waals surface area (Å²) >= 11 is 0. The van der Waals surface area contributed by atoms with Crippen LogP contribution in [0, 0.1) is 13.8 Å². The predicted molar refractivity (Wildman–Crippen MR) is 112 cm³/mol. The molecule has 0 fully saturated rings. The maximum Gasteiger partial charge on any atom is 0.240 e. The largest absolute Gasteiger partial charge is 0.273 e. The predicted octanol–water partition coefficient (Wildman–Crippen LogP) is 3.46. The molecule has 146 valence electrons. The number of carbonyl (C=O) groups is 2. The lowest BCUT2D eigenvalue weighted by Gasteiger charge is -2.04. The molecule has 0 aliphatic heterocycles. The Bertz CT molecular complexity index is 806. The van der Waals surface area contributed by atoms with E-state index in [2.05, 4.69) is 21.1 Å². The Labute approximate surface area is 165 Å². The van der Waals surface area contributed by atoms with Crippen molar-refractivity contribution in [2.45, 2.75) is 40.5 Å². The highest BCUT2D eigenvalue weighted by Crippen LogP contribution is 2.05. The summed E-state index contributed by atoms with van der Waals surface area (Å²) in [7, 11) is 0. The van der Waals surface area contributed by atoms with Crippen LogP contribution in [0.15, 0.2) is 58.7 Å². The molecule has 2 N–H and O–H groups in total. The van der Waals surface area contributed by atoms with Crippen molar-refractivity contribution in [2.24, 2.45) is 10.2 Å². The Morgan fingerprint density at radius 1 is 0.679 bits per heavy atom. The average molecular weight is 378 g/mol. The standard InChI is InChI=1S/C22H26N4O2/c1-15-5-9-19(10-6-15)17(3)23-25-21(27)13-14-22(28)26-24-18(4)20-11-7-16(2)8-12-20/h5-12H,13-14H2,1-4H3,(H,25,27)(H,26,28)/b23-17-,24-18-. The average Bonchev–Trinajstić information content (AvgIpc) is 2.69. The van der Waals surface area contributed by atoms with Gasteiger partial charge in [-0.05, 0) is 38.8 Å². The molecule has 6 heteroatoms. The Kier molecular flexibility index (Phi) is 7.63. The highest BCUT2D eigenvalue weighted by molar-refractivity contribution is 6.00. The van der Waals surface area contributed by atoms with E-state index in [0.29, 0.717) is 11.4 Å². The van der Waals surface area contributed by atoms with Crippen LogP contribution in [0.1, 0.15) is 48.9 Å². The highest BCUT2D eigenvalue weighted by atomic mass is 16.2. The summed E-state index contributed by atoms with van der Waals surface area (Å²) in [5.74, 6) is -0.637. The Morgan fingerprint density at radius 2 is 1.00 bits per heavy atom. The van der Waals surface area contributed by atoms with Gasteiger partial charge in [0.2, 0.25) is 11.8 Å². The molecule has 6 nitrogen and oxygen atoms in total. The van der Waals surface area contributed by atoms with Crippen LogP contribution in [0.5, 0.6) is 0 Å². The van der Waals surface area contributed by atoms with Crippen molar-refractivity contribution in [3.8, 4) is 0 Å². The van der Waals surface area contributed by atoms with Gasteiger partial charge in [0.05, 0.1) is 11.4 Å². The summed E-state index contributed by atoms with van der Waals surface area (Å²) in [5, 5.41) is 8.16. The van der Waals surface area contributed by atoms with E-state index in [9.17, 15) is 9.59 Å². The van der Waals surface area contributed by atoms with Crippen LogP contribution < -0.4 is 10.9 Å². The fourth-order valence-corrected chi connectivity index (χ4v) is 2.35. The molecule has 0 saturated carbocycles. The Hall–Kier alpha value is -3.28. The zero-order chi connectivity index (χ0) is 20.5. The monoisotopic (exact) mass is 378 g/mol. The molecule has 0 aliphatic carbocycles. The second-order valence-corrected chi connectivity index (χ2v) is 6.70. The summed E-state index contributed by atoms with van der Waals surface area (Å²) < 4.78 is 0. The van der Waals surface area contributed by atoms with Crippen LogP contribution in [0.4, 0.5) is 0 Å². The Morgan fingerprint density at radius 3 is 1.32 bits per heavy atom. The lowest BCUT2D eigenvalue weighted by Crippen LogP contribution is -2.24. The van der Waals surface area contributed by atoms with Crippen molar-refractivity contribution in [3.05, 3.63) is 70.8 Å². The van der Waals surface area contributed by atoms with Crippen LogP contribution in [0.25, 0.3) is 0 Å². The summed E-state index contributed by atoms with van der Waals surface area (Å²) in [6.07, 6.45) is 0.0746. The number of hydrogen-bond acceptors (Lipinski definition) is 4. The SMILES string of the molecule is C/C(=N/NC(=O)CCC(=O)N/N=C(/C)c1ccc(C)cc1)c1ccc(C)cc1. The molecule has 0 heterocycles. The lowest BCUT2D eigenvalue weighted by molar-refractivity contribution is -0.126. The quantitative estimate of drug-likeness (QED) is 0.571. The second-order valence-electron chi connectivity index (χ2n) is 6.70. The summed E-state index contributed by atoms with van der Waals surface area (Å²) in [4.78, 5) is 23.8. The molecule has 0 unspecified atom stereocenters. The molecule has 0 bridgehead atoms. The second kappa shape index (κ2) is 10.2. The first-order valence-corrected chi connectivity index (χ1v) is 9.15. The number of nitrogens with one attached hydrogen (secondary N) is 2. The molecule has 0 atom stereocenters. The van der Waals surface area contributed by atoms with Gasteiger partial charge in [-0.1, -0.05) is 59.7 Å². The van der Waals surface area contributed by atoms with Crippen LogP contribution in [0.3, 0.4) is 0 Å². The van der Waals surface area contributed by atoms with Gasteiger partial charge in [0, 0.05) is 12.8 Å². The van der Waals surface area contributed by atoms with E-state index >= 15 is 0 Å². The van der Waals surface area contributed by atoms with Crippen molar-refractivity contribution >= 4 is 23.2 Å². The van der Waals surface area contributed by atoms with Gasteiger partial charge in [-0.25, -0.2) is 10.9 Å². The number of hydrogen-bond donors (Lipinski definition) is 2. The lowest BCUT2D eigenvalue weighted by atomic mass is 10.1. The smallest absolute Gasteiger partial charge is 0.240 e. The van der Waals surface area contributed by atoms with Gasteiger partial charge in [-0.3, -0.25) is 9.59 Å². The maximum atomic E-state index is 11.9. The van der Waals surface area contributed by atoms with E-state index in [1.54, 1.807) is 0 Å². The number of nitrogens with zero attached hydrogens (tertiary/aromatic N) is 2. The summed E-state index contributed by atoms with van der Waals surface area (Å²) in [5.41, 5.74) is 10.6. The van der Waals surface area contributed by atoms with Gasteiger partial charge >= 0.3 is 0 Å². The van der Waals surface area contributed by atoms with E-state index in [0.717, 1.165) is 22.3 Å². The number of hydrazone groups is 2. The number of rotatable bonds is 7. The first-order valence-electron chi connectivity index (χ1n) is 9.15. The normalized spacial score (nSPS) is 11.9. The van der Waals surface area contributed by atoms with Crippen molar-refractivity contribution < 1.29 is 9.59 Å². The van der Waals surface area contributed by atoms with Gasteiger partial charge in [-0.15, -0.1) is 0 Å². The van der Waals surface area contributed by atoms with Crippen LogP contribution in [-0.2, 0) is 9.59 Å². The fraction of sp³-hybridized carbons (Fsp3) is 0.273. The van der Waals surface area contributed by atoms with Crippen molar-refractivity contribution in [1.29, 1.82) is 0 Å². The minimum Gasteiger partial charge on any atom is -0.273 e. The molecule has 0 spiro atoms. The minimum absolute atomic E-state index is 0.0373. The molecule has 0 radical (unpaired) electrons. The molecule has 0 aromatic heterocycles. The van der Waals surface area contributed by atoms with Crippen LogP contribution in [0.2, 0.25) is 0 Å². The van der Waals surface area contributed by atoms with Crippen molar-refractivity contribution in [1.82, 2.24) is 10.9 Å². The van der Waals surface area contributed by atoms with Crippen molar-refractivity contribution in [2.75, 3.05) is 0 Å². The highest BCUT2D eigenvalue weighted by Gasteiger charge is 2.07. The van der Waals surface area contributed by atoms with Gasteiger partial charge in [0.1, 0.15) is 0 Å². The number of amides is 2. The van der Waals surface area contributed by atoms with Gasteiger partial charge < -0.3 is 0 Å². The van der Waals surface area contributed by atoms with Gasteiger partial charge in [0.25, 0.3) is 0 Å². The minimum atomic E-state index is -0.319. The maximum absolute atomic E-state index is 11.9. The summed E-state index contributed by atoms with van der Waals surface area (Å²) in [6.45, 7) is 7.66. The Balaban J connectivity index is 1.78. The van der Waals surface area contributed by atoms with Crippen molar-refractivity contribution in [3.63, 3.8) is 0 Å². The molecular formula is C22H26N4O2. The molecule has 28 heavy (non-hydrogen) atoms. The fourth-order valence-electron chi connectivity index (χ4n) is 2.35. The molecule has 2 aromatic rings. The zero-order valence-corrected chi connectivity index (χ0v) is 16.7. The van der Waals surface area contributed by atoms with Crippen LogP contribution >= 0.6 is 0 Å². The molecule has 2 amide bonds. The summed E-state index contributed by atoms with van der Waals surface area (Å²) in [6, 6.07) is 15.7. The van der Waals surface area contributed by atoms with E-state index in [4.69, 9.17) is 0 Å². The molecule has 2 aromatic carbocycles. The molecule has 0 aliphatic rings. The third kappa shape index (κ3) is 6.79. The van der Waals surface area contributed by atoms with E-state index in [1.807, 2.05) is 76.2 Å². The molecule has 2 rings (SSSR count).